The van der Waals surface area contributed by atoms with Crippen molar-refractivity contribution in [2.75, 3.05) is 6.61 Å². The standard InChI is InChI=1S/C9H6Cl2F3NO4S/c10-5-1-2-7(6(11)3-5)19-4-8(16)15-20(17,18)9(12,13)14/h1-3H,4H2,(H,15,16). The molecule has 0 aliphatic carbocycles. The summed E-state index contributed by atoms with van der Waals surface area (Å²) in [4.78, 5) is 11.1. The number of amides is 1. The number of halogens is 5. The van der Waals surface area contributed by atoms with Gasteiger partial charge in [0.05, 0.1) is 5.02 Å². The van der Waals surface area contributed by atoms with Crippen LogP contribution in [0, 0.1) is 0 Å². The molecule has 1 rings (SSSR count). The summed E-state index contributed by atoms with van der Waals surface area (Å²) in [6, 6.07) is 3.92. The fourth-order valence-electron chi connectivity index (χ4n) is 0.973. The smallest absolute Gasteiger partial charge is 0.482 e. The van der Waals surface area contributed by atoms with Crippen molar-refractivity contribution in [3.8, 4) is 5.75 Å². The highest BCUT2D eigenvalue weighted by atomic mass is 35.5. The minimum absolute atomic E-state index is 0.0176. The van der Waals surface area contributed by atoms with Crippen LogP contribution in [0.1, 0.15) is 0 Å². The van der Waals surface area contributed by atoms with Crippen LogP contribution in [0.3, 0.4) is 0 Å². The second-order valence-electron chi connectivity index (χ2n) is 3.34. The Labute approximate surface area is 121 Å². The highest BCUT2D eigenvalue weighted by Crippen LogP contribution is 2.27. The van der Waals surface area contributed by atoms with Crippen LogP contribution in [0.5, 0.6) is 5.75 Å². The SMILES string of the molecule is O=C(COc1ccc(Cl)cc1Cl)NS(=O)(=O)C(F)(F)F. The average molecular weight is 352 g/mol. The van der Waals surface area contributed by atoms with Gasteiger partial charge in [-0.25, -0.2) is 4.72 Å². The summed E-state index contributed by atoms with van der Waals surface area (Å²) in [6.07, 6.45) is 0. The maximum absolute atomic E-state index is 12.0. The maximum Gasteiger partial charge on any atom is 0.516 e. The van der Waals surface area contributed by atoms with Gasteiger partial charge in [0.25, 0.3) is 5.91 Å². The molecule has 1 N–H and O–H groups in total. The van der Waals surface area contributed by atoms with E-state index in [0.717, 1.165) is 4.72 Å². The molecular weight excluding hydrogens is 346 g/mol. The zero-order valence-corrected chi connectivity index (χ0v) is 11.7. The zero-order valence-electron chi connectivity index (χ0n) is 9.37. The molecule has 0 fully saturated rings. The monoisotopic (exact) mass is 351 g/mol. The quantitative estimate of drug-likeness (QED) is 0.903. The van der Waals surface area contributed by atoms with E-state index in [-0.39, 0.29) is 15.8 Å². The lowest BCUT2D eigenvalue weighted by molar-refractivity contribution is -0.121. The van der Waals surface area contributed by atoms with E-state index in [4.69, 9.17) is 27.9 Å². The van der Waals surface area contributed by atoms with E-state index in [1.54, 1.807) is 0 Å². The van der Waals surface area contributed by atoms with Crippen LogP contribution in [-0.2, 0) is 14.8 Å². The molecule has 20 heavy (non-hydrogen) atoms. The third-order valence-corrected chi connectivity index (χ3v) is 3.44. The number of ether oxygens (including phenoxy) is 1. The van der Waals surface area contributed by atoms with Crippen molar-refractivity contribution in [1.82, 2.24) is 4.72 Å². The predicted octanol–water partition coefficient (Wildman–Crippen LogP) is 2.34. The van der Waals surface area contributed by atoms with Gasteiger partial charge in [-0.15, -0.1) is 0 Å². The van der Waals surface area contributed by atoms with Crippen LogP contribution in [0.2, 0.25) is 10.0 Å². The number of nitrogens with one attached hydrogen (secondary N) is 1. The number of carbonyl (C=O) groups excluding carboxylic acids is 1. The zero-order chi connectivity index (χ0) is 15.6. The fraction of sp³-hybridized carbons (Fsp3) is 0.222. The van der Waals surface area contributed by atoms with Gasteiger partial charge < -0.3 is 4.74 Å². The van der Waals surface area contributed by atoms with E-state index >= 15 is 0 Å². The summed E-state index contributed by atoms with van der Waals surface area (Å²) in [5, 5.41) is 0.301. The predicted molar refractivity (Wildman–Crippen MR) is 65.1 cm³/mol. The van der Waals surface area contributed by atoms with E-state index in [1.165, 1.54) is 18.2 Å². The van der Waals surface area contributed by atoms with E-state index in [0.29, 0.717) is 0 Å². The Bertz CT molecular complexity index is 618. The largest absolute Gasteiger partial charge is 0.516 e. The number of hydrogen-bond donors (Lipinski definition) is 1. The molecule has 0 radical (unpaired) electrons. The van der Waals surface area contributed by atoms with Crippen LogP contribution in [0.4, 0.5) is 13.2 Å². The molecular formula is C9H6Cl2F3NO4S. The molecule has 0 unspecified atom stereocenters. The summed E-state index contributed by atoms with van der Waals surface area (Å²) in [5.41, 5.74) is -5.58. The lowest BCUT2D eigenvalue weighted by atomic mass is 10.3. The second-order valence-corrected chi connectivity index (χ2v) is 5.86. The van der Waals surface area contributed by atoms with Crippen molar-refractivity contribution in [1.29, 1.82) is 0 Å². The third-order valence-electron chi connectivity index (χ3n) is 1.81. The molecule has 0 atom stereocenters. The molecule has 0 aliphatic heterocycles. The fourth-order valence-corrected chi connectivity index (χ4v) is 1.91. The van der Waals surface area contributed by atoms with Crippen molar-refractivity contribution < 1.29 is 31.1 Å². The minimum atomic E-state index is -5.75. The van der Waals surface area contributed by atoms with Gasteiger partial charge in [0.1, 0.15) is 5.75 Å². The van der Waals surface area contributed by atoms with Crippen LogP contribution in [-0.4, -0.2) is 26.4 Å². The Morgan fingerprint density at radius 3 is 2.40 bits per heavy atom. The summed E-state index contributed by atoms with van der Waals surface area (Å²) in [6.45, 7) is -0.962. The Balaban J connectivity index is 2.65. The summed E-state index contributed by atoms with van der Waals surface area (Å²) in [7, 11) is -5.75. The van der Waals surface area contributed by atoms with Gasteiger partial charge in [-0.1, -0.05) is 23.2 Å². The van der Waals surface area contributed by atoms with Crippen molar-refractivity contribution >= 4 is 39.1 Å². The second kappa shape index (κ2) is 6.06. The van der Waals surface area contributed by atoms with Gasteiger partial charge in [0.15, 0.2) is 6.61 Å². The van der Waals surface area contributed by atoms with Crippen molar-refractivity contribution in [2.24, 2.45) is 0 Å². The molecule has 0 aliphatic rings. The molecule has 0 saturated carbocycles. The molecule has 0 aromatic heterocycles. The minimum Gasteiger partial charge on any atom is -0.482 e. The first-order valence-electron chi connectivity index (χ1n) is 4.73. The lowest BCUT2D eigenvalue weighted by Gasteiger charge is -2.10. The number of sulfonamides is 1. The molecule has 0 bridgehead atoms. The van der Waals surface area contributed by atoms with Crippen LogP contribution in [0.15, 0.2) is 18.2 Å². The van der Waals surface area contributed by atoms with E-state index in [2.05, 4.69) is 0 Å². The van der Waals surface area contributed by atoms with Gasteiger partial charge >= 0.3 is 15.5 Å². The first kappa shape index (κ1) is 16.9. The third kappa shape index (κ3) is 4.43. The lowest BCUT2D eigenvalue weighted by Crippen LogP contribution is -2.42. The Morgan fingerprint density at radius 1 is 1.30 bits per heavy atom. The van der Waals surface area contributed by atoms with Gasteiger partial charge in [-0.05, 0) is 18.2 Å². The average Bonchev–Trinajstić information content (AvgIpc) is 2.25. The molecule has 1 aromatic carbocycles. The normalized spacial score (nSPS) is 12.1. The summed E-state index contributed by atoms with van der Waals surface area (Å²) in [5.74, 6) is -1.52. The number of hydrogen-bond acceptors (Lipinski definition) is 4. The molecule has 112 valence electrons. The number of benzene rings is 1. The van der Waals surface area contributed by atoms with Crippen molar-refractivity contribution in [3.63, 3.8) is 0 Å². The molecule has 5 nitrogen and oxygen atoms in total. The molecule has 1 aromatic rings. The van der Waals surface area contributed by atoms with E-state index in [9.17, 15) is 26.4 Å². The number of alkyl halides is 3. The first-order valence-corrected chi connectivity index (χ1v) is 6.96. The molecule has 0 spiro atoms. The summed E-state index contributed by atoms with van der Waals surface area (Å²) < 4.78 is 62.8. The van der Waals surface area contributed by atoms with Crippen molar-refractivity contribution in [3.05, 3.63) is 28.2 Å². The number of carbonyl (C=O) groups is 1. The van der Waals surface area contributed by atoms with Gasteiger partial charge in [0.2, 0.25) is 0 Å². The Kier molecular flexibility index (Phi) is 5.11. The van der Waals surface area contributed by atoms with E-state index < -0.39 is 28.0 Å². The van der Waals surface area contributed by atoms with E-state index in [1.807, 2.05) is 0 Å². The maximum atomic E-state index is 12.0. The summed E-state index contributed by atoms with van der Waals surface area (Å²) >= 11 is 11.3. The molecule has 0 saturated heterocycles. The molecule has 11 heteroatoms. The molecule has 0 heterocycles. The number of rotatable bonds is 4. The highest BCUT2D eigenvalue weighted by molar-refractivity contribution is 7.90. The highest BCUT2D eigenvalue weighted by Gasteiger charge is 2.47. The van der Waals surface area contributed by atoms with Gasteiger partial charge in [-0.2, -0.15) is 21.6 Å². The van der Waals surface area contributed by atoms with Crippen LogP contribution in [0.25, 0.3) is 0 Å². The Hall–Kier alpha value is -1.19. The van der Waals surface area contributed by atoms with Gasteiger partial charge in [-0.3, -0.25) is 4.79 Å². The first-order chi connectivity index (χ1) is 9.03. The molecule has 1 amide bonds. The Morgan fingerprint density at radius 2 is 1.90 bits per heavy atom. The van der Waals surface area contributed by atoms with Crippen molar-refractivity contribution in [2.45, 2.75) is 5.51 Å². The van der Waals surface area contributed by atoms with Crippen LogP contribution < -0.4 is 9.46 Å². The van der Waals surface area contributed by atoms with Gasteiger partial charge in [0, 0.05) is 5.02 Å². The van der Waals surface area contributed by atoms with Crippen LogP contribution >= 0.6 is 23.2 Å². The topological polar surface area (TPSA) is 72.5 Å².